The Morgan fingerprint density at radius 3 is 2.40 bits per heavy atom. The molecule has 3 aliphatic rings. The average molecular weight is 467 g/mol. The molecule has 0 N–H and O–H groups in total. The van der Waals surface area contributed by atoms with Crippen LogP contribution in [0.4, 0.5) is 0 Å². The molecule has 0 spiro atoms. The summed E-state index contributed by atoms with van der Waals surface area (Å²) >= 11 is 0. The summed E-state index contributed by atoms with van der Waals surface area (Å²) in [7, 11) is 0. The van der Waals surface area contributed by atoms with Crippen LogP contribution in [0.2, 0.25) is 0 Å². The highest BCUT2D eigenvalue weighted by Gasteiger charge is 2.34. The van der Waals surface area contributed by atoms with Crippen molar-refractivity contribution in [3.63, 3.8) is 0 Å². The monoisotopic (exact) mass is 466 g/mol. The summed E-state index contributed by atoms with van der Waals surface area (Å²) in [6.07, 6.45) is 20.2. The van der Waals surface area contributed by atoms with E-state index in [0.29, 0.717) is 6.04 Å². The predicted molar refractivity (Wildman–Crippen MR) is 149 cm³/mol. The number of rotatable bonds is 3. The molecule has 1 aromatic heterocycles. The highest BCUT2D eigenvalue weighted by atomic mass is 15.2. The van der Waals surface area contributed by atoms with Crippen LogP contribution in [0.1, 0.15) is 105 Å². The zero-order valence-electron chi connectivity index (χ0n) is 21.5. The Bertz CT molecular complexity index is 1170. The lowest BCUT2D eigenvalue weighted by Crippen LogP contribution is -2.39. The number of aromatic nitrogens is 1. The van der Waals surface area contributed by atoms with Gasteiger partial charge < -0.3 is 4.57 Å². The van der Waals surface area contributed by atoms with Crippen molar-refractivity contribution in [1.82, 2.24) is 9.47 Å². The first-order valence-corrected chi connectivity index (χ1v) is 14.5. The molecule has 6 rings (SSSR count). The van der Waals surface area contributed by atoms with E-state index in [1.54, 1.807) is 22.2 Å². The number of aryl methyl sites for hydroxylation is 1. The van der Waals surface area contributed by atoms with Gasteiger partial charge in [-0.3, -0.25) is 4.90 Å². The molecule has 1 aliphatic heterocycles. The fraction of sp³-hybridized carbons (Fsp3) is 0.515. The van der Waals surface area contributed by atoms with Crippen molar-refractivity contribution in [3.05, 3.63) is 77.0 Å². The van der Waals surface area contributed by atoms with E-state index in [9.17, 15) is 0 Å². The summed E-state index contributed by atoms with van der Waals surface area (Å²) in [5.41, 5.74) is 9.33. The first kappa shape index (κ1) is 23.1. The Hall–Kier alpha value is -2.32. The Labute approximate surface area is 212 Å². The zero-order chi connectivity index (χ0) is 23.5. The molecule has 0 saturated carbocycles. The molecule has 3 aromatic rings. The van der Waals surface area contributed by atoms with Crippen LogP contribution >= 0.6 is 0 Å². The van der Waals surface area contributed by atoms with Gasteiger partial charge >= 0.3 is 0 Å². The average Bonchev–Trinajstić information content (AvgIpc) is 3.21. The summed E-state index contributed by atoms with van der Waals surface area (Å²) in [6, 6.07) is 19.1. The summed E-state index contributed by atoms with van der Waals surface area (Å²) in [5, 5.41) is 1.55. The van der Waals surface area contributed by atoms with Crippen LogP contribution in [0, 0.1) is 0 Å². The molecule has 2 heterocycles. The highest BCUT2D eigenvalue weighted by Crippen LogP contribution is 2.43. The fourth-order valence-electron chi connectivity index (χ4n) is 7.05. The van der Waals surface area contributed by atoms with Gasteiger partial charge in [0.05, 0.1) is 6.04 Å². The van der Waals surface area contributed by atoms with Gasteiger partial charge in [-0.2, -0.15) is 0 Å². The minimum atomic E-state index is 0.573. The van der Waals surface area contributed by atoms with Crippen LogP contribution in [0.5, 0.6) is 0 Å². The smallest absolute Gasteiger partial charge is 0.0508 e. The molecule has 184 valence electrons. The summed E-state index contributed by atoms with van der Waals surface area (Å²) < 4.78 is 2.69. The normalized spacial score (nSPS) is 22.2. The molecule has 0 saturated heterocycles. The van der Waals surface area contributed by atoms with Gasteiger partial charge in [0.15, 0.2) is 0 Å². The van der Waals surface area contributed by atoms with Crippen LogP contribution in [0.15, 0.2) is 54.6 Å². The third-order valence-electron chi connectivity index (χ3n) is 8.87. The lowest BCUT2D eigenvalue weighted by atomic mass is 9.88. The van der Waals surface area contributed by atoms with Crippen LogP contribution in [0.25, 0.3) is 16.5 Å². The molecule has 2 heteroatoms. The number of hydrogen-bond acceptors (Lipinski definition) is 1. The van der Waals surface area contributed by atoms with Gasteiger partial charge in [-0.15, -0.1) is 0 Å². The molecule has 2 aliphatic carbocycles. The molecule has 2 aromatic carbocycles. The van der Waals surface area contributed by atoms with Crippen molar-refractivity contribution in [2.24, 2.45) is 0 Å². The van der Waals surface area contributed by atoms with E-state index in [1.807, 2.05) is 0 Å². The second kappa shape index (κ2) is 10.7. The number of hydrogen-bond donors (Lipinski definition) is 0. The minimum absolute atomic E-state index is 0.573. The second-order valence-corrected chi connectivity index (χ2v) is 11.2. The van der Waals surface area contributed by atoms with E-state index >= 15 is 0 Å². The second-order valence-electron chi connectivity index (χ2n) is 11.2. The molecule has 0 unspecified atom stereocenters. The van der Waals surface area contributed by atoms with E-state index in [1.165, 1.54) is 100 Å². The van der Waals surface area contributed by atoms with Gasteiger partial charge in [0.2, 0.25) is 0 Å². The molecule has 2 nitrogen and oxygen atoms in total. The van der Waals surface area contributed by atoms with Crippen molar-refractivity contribution in [2.45, 2.75) is 103 Å². The first-order valence-electron chi connectivity index (χ1n) is 14.5. The van der Waals surface area contributed by atoms with Crippen LogP contribution in [0.3, 0.4) is 0 Å². The van der Waals surface area contributed by atoms with Gasteiger partial charge in [0.1, 0.15) is 0 Å². The Morgan fingerprint density at radius 2 is 1.54 bits per heavy atom. The third-order valence-corrected chi connectivity index (χ3v) is 8.87. The SMILES string of the molecule is C1=C(c2ccc3c(c2)c2c4n3CCN(Cc3ccccc3)[C@H]4CCC2)CCCCCCCCCC1. The highest BCUT2D eigenvalue weighted by molar-refractivity contribution is 5.89. The summed E-state index contributed by atoms with van der Waals surface area (Å²) in [5.74, 6) is 0. The Kier molecular flexibility index (Phi) is 7.09. The number of allylic oxidation sites excluding steroid dienone is 2. The van der Waals surface area contributed by atoms with Gasteiger partial charge in [0, 0.05) is 36.2 Å². The van der Waals surface area contributed by atoms with E-state index < -0.39 is 0 Å². The van der Waals surface area contributed by atoms with E-state index in [0.717, 1.165) is 19.6 Å². The van der Waals surface area contributed by atoms with Gasteiger partial charge in [0.25, 0.3) is 0 Å². The van der Waals surface area contributed by atoms with Gasteiger partial charge in [-0.25, -0.2) is 0 Å². The zero-order valence-corrected chi connectivity index (χ0v) is 21.5. The van der Waals surface area contributed by atoms with Crippen molar-refractivity contribution in [1.29, 1.82) is 0 Å². The maximum atomic E-state index is 2.75. The molecule has 0 bridgehead atoms. The topological polar surface area (TPSA) is 8.17 Å². The number of fused-ring (bicyclic) bond motifs is 3. The van der Waals surface area contributed by atoms with E-state index in [2.05, 4.69) is 64.1 Å². The first-order chi connectivity index (χ1) is 17.4. The fourth-order valence-corrected chi connectivity index (χ4v) is 7.05. The molecule has 35 heavy (non-hydrogen) atoms. The molecular weight excluding hydrogens is 424 g/mol. The van der Waals surface area contributed by atoms with Crippen molar-refractivity contribution in [3.8, 4) is 0 Å². The lowest BCUT2D eigenvalue weighted by Gasteiger charge is -2.40. The molecule has 0 radical (unpaired) electrons. The van der Waals surface area contributed by atoms with Crippen molar-refractivity contribution in [2.75, 3.05) is 6.54 Å². The van der Waals surface area contributed by atoms with Crippen molar-refractivity contribution >= 4 is 16.5 Å². The predicted octanol–water partition coefficient (Wildman–Crippen LogP) is 8.83. The van der Waals surface area contributed by atoms with Crippen LogP contribution < -0.4 is 0 Å². The molecular formula is C33H42N2. The van der Waals surface area contributed by atoms with E-state index in [-0.39, 0.29) is 0 Å². The lowest BCUT2D eigenvalue weighted by molar-refractivity contribution is 0.133. The van der Waals surface area contributed by atoms with Crippen LogP contribution in [-0.4, -0.2) is 16.0 Å². The maximum Gasteiger partial charge on any atom is 0.0508 e. The summed E-state index contributed by atoms with van der Waals surface area (Å²) in [6.45, 7) is 3.35. The minimum Gasteiger partial charge on any atom is -0.342 e. The van der Waals surface area contributed by atoms with Gasteiger partial charge in [-0.05, 0) is 79.3 Å². The molecule has 0 fully saturated rings. The van der Waals surface area contributed by atoms with E-state index in [4.69, 9.17) is 0 Å². The summed E-state index contributed by atoms with van der Waals surface area (Å²) in [4.78, 5) is 2.75. The molecule has 1 atom stereocenters. The Balaban J connectivity index is 1.32. The largest absolute Gasteiger partial charge is 0.342 e. The standard InChI is InChI=1S/C33H42N2/c1-2-4-6-11-16-27(17-12-7-5-3-1)28-20-21-31-30(24-28)29-18-13-19-32-33(29)35(31)23-22-34(32)25-26-14-9-8-10-15-26/h8-10,14-16,20-21,24,32H,1-7,11-13,17-19,22-23,25H2/t32-/m0/s1. The molecule has 0 amide bonds. The van der Waals surface area contributed by atoms with Crippen molar-refractivity contribution < 1.29 is 0 Å². The quantitative estimate of drug-likeness (QED) is 0.374. The third kappa shape index (κ3) is 4.87. The van der Waals surface area contributed by atoms with Crippen LogP contribution in [-0.2, 0) is 19.5 Å². The van der Waals surface area contributed by atoms with Gasteiger partial charge in [-0.1, -0.05) is 81.0 Å². The maximum absolute atomic E-state index is 2.75. The number of benzene rings is 2. The number of nitrogens with zero attached hydrogens (tertiary/aromatic N) is 2. The Morgan fingerprint density at radius 1 is 0.743 bits per heavy atom.